The summed E-state index contributed by atoms with van der Waals surface area (Å²) in [5, 5.41) is 17.9. The van der Waals surface area contributed by atoms with Gasteiger partial charge in [0.25, 0.3) is 5.69 Å². The van der Waals surface area contributed by atoms with Crippen LogP contribution in [0.5, 0.6) is 11.6 Å². The van der Waals surface area contributed by atoms with Crippen LogP contribution in [0.2, 0.25) is 5.28 Å². The number of benzene rings is 1. The Hall–Kier alpha value is -2.74. The number of hydrogen-bond donors (Lipinski definition) is 1. The summed E-state index contributed by atoms with van der Waals surface area (Å²) in [6.07, 6.45) is 1.51. The number of hydrogen-bond acceptors (Lipinski definition) is 6. The fourth-order valence-electron chi connectivity index (χ4n) is 1.87. The molecule has 0 unspecified atom stereocenters. The van der Waals surface area contributed by atoms with E-state index in [4.69, 9.17) is 16.3 Å². The average molecular weight is 306 g/mol. The van der Waals surface area contributed by atoms with E-state index in [0.717, 1.165) is 0 Å². The standard InChI is InChI=1S/C12H8ClN5O3/c1-6-4-7(2-3-9(6)18(19)20)21-11-8-5-14-17-10(8)15-12(13)16-11/h2-5H,1H3,(H,14,15,16,17). The number of H-pyrrole nitrogens is 1. The Morgan fingerprint density at radius 2 is 2.19 bits per heavy atom. The van der Waals surface area contributed by atoms with E-state index in [1.54, 1.807) is 13.0 Å². The number of nitrogens with one attached hydrogen (secondary N) is 1. The molecule has 0 fully saturated rings. The predicted octanol–water partition coefficient (Wildman–Crippen LogP) is 3.02. The van der Waals surface area contributed by atoms with Gasteiger partial charge in [0.1, 0.15) is 11.1 Å². The second-order valence-electron chi connectivity index (χ2n) is 4.24. The third-order valence-electron chi connectivity index (χ3n) is 2.83. The molecular weight excluding hydrogens is 298 g/mol. The Labute approximate surface area is 122 Å². The monoisotopic (exact) mass is 305 g/mol. The maximum atomic E-state index is 10.8. The lowest BCUT2D eigenvalue weighted by atomic mass is 10.2. The maximum Gasteiger partial charge on any atom is 0.272 e. The molecule has 0 radical (unpaired) electrons. The number of aromatic amines is 1. The lowest BCUT2D eigenvalue weighted by Gasteiger charge is -2.06. The van der Waals surface area contributed by atoms with Crippen LogP contribution >= 0.6 is 11.6 Å². The first-order valence-electron chi connectivity index (χ1n) is 5.84. The molecule has 3 aromatic rings. The van der Waals surface area contributed by atoms with Gasteiger partial charge >= 0.3 is 0 Å². The van der Waals surface area contributed by atoms with Crippen molar-refractivity contribution in [1.29, 1.82) is 0 Å². The summed E-state index contributed by atoms with van der Waals surface area (Å²) in [6, 6.07) is 4.42. The van der Waals surface area contributed by atoms with Crippen LogP contribution < -0.4 is 4.74 Å². The summed E-state index contributed by atoms with van der Waals surface area (Å²) >= 11 is 5.81. The fourth-order valence-corrected chi connectivity index (χ4v) is 2.03. The number of halogens is 1. The molecular formula is C12H8ClN5O3. The summed E-state index contributed by atoms with van der Waals surface area (Å²) < 4.78 is 5.63. The number of rotatable bonds is 3. The van der Waals surface area contributed by atoms with Crippen molar-refractivity contribution >= 4 is 28.3 Å². The molecule has 0 aliphatic rings. The molecule has 106 valence electrons. The third kappa shape index (κ3) is 2.48. The lowest BCUT2D eigenvalue weighted by molar-refractivity contribution is -0.385. The van der Waals surface area contributed by atoms with Gasteiger partial charge in [0, 0.05) is 11.6 Å². The first kappa shape index (κ1) is 13.3. The quantitative estimate of drug-likeness (QED) is 0.453. The van der Waals surface area contributed by atoms with Crippen LogP contribution in [0.4, 0.5) is 5.69 Å². The van der Waals surface area contributed by atoms with Gasteiger partial charge in [-0.3, -0.25) is 15.2 Å². The molecule has 1 aromatic carbocycles. The van der Waals surface area contributed by atoms with Gasteiger partial charge in [0.05, 0.1) is 11.1 Å². The van der Waals surface area contributed by atoms with E-state index in [2.05, 4.69) is 20.2 Å². The molecule has 0 bridgehead atoms. The van der Waals surface area contributed by atoms with E-state index < -0.39 is 4.92 Å². The van der Waals surface area contributed by atoms with E-state index in [-0.39, 0.29) is 16.9 Å². The van der Waals surface area contributed by atoms with Crippen molar-refractivity contribution in [2.24, 2.45) is 0 Å². The fraction of sp³-hybridized carbons (Fsp3) is 0.0833. The first-order chi connectivity index (χ1) is 10.0. The van der Waals surface area contributed by atoms with Crippen molar-refractivity contribution in [3.8, 4) is 11.6 Å². The van der Waals surface area contributed by atoms with Crippen molar-refractivity contribution < 1.29 is 9.66 Å². The van der Waals surface area contributed by atoms with Gasteiger partial charge in [-0.1, -0.05) is 0 Å². The average Bonchev–Trinajstić information content (AvgIpc) is 2.86. The Morgan fingerprint density at radius 1 is 1.38 bits per heavy atom. The zero-order chi connectivity index (χ0) is 15.0. The highest BCUT2D eigenvalue weighted by Gasteiger charge is 2.14. The van der Waals surface area contributed by atoms with Crippen molar-refractivity contribution in [2.45, 2.75) is 6.92 Å². The SMILES string of the molecule is Cc1cc(Oc2nc(Cl)nc3[nH]ncc23)ccc1[N+](=O)[O-]. The molecule has 0 aliphatic heterocycles. The topological polar surface area (TPSA) is 107 Å². The number of ether oxygens (including phenoxy) is 1. The van der Waals surface area contributed by atoms with Gasteiger partial charge in [-0.25, -0.2) is 0 Å². The molecule has 0 amide bonds. The number of aryl methyl sites for hydroxylation is 1. The number of aromatic nitrogens is 4. The van der Waals surface area contributed by atoms with E-state index in [9.17, 15) is 10.1 Å². The van der Waals surface area contributed by atoms with Gasteiger partial charge in [0.15, 0.2) is 5.65 Å². The van der Waals surface area contributed by atoms with Gasteiger partial charge < -0.3 is 4.74 Å². The third-order valence-corrected chi connectivity index (χ3v) is 3.00. The second-order valence-corrected chi connectivity index (χ2v) is 4.58. The Morgan fingerprint density at radius 3 is 2.90 bits per heavy atom. The predicted molar refractivity (Wildman–Crippen MR) is 74.6 cm³/mol. The van der Waals surface area contributed by atoms with E-state index in [0.29, 0.717) is 22.3 Å². The van der Waals surface area contributed by atoms with Crippen molar-refractivity contribution in [2.75, 3.05) is 0 Å². The van der Waals surface area contributed by atoms with Gasteiger partial charge in [-0.2, -0.15) is 15.1 Å². The van der Waals surface area contributed by atoms with Gasteiger partial charge in [-0.15, -0.1) is 0 Å². The second kappa shape index (κ2) is 4.98. The minimum absolute atomic E-state index is 0.0142. The number of nitro benzene ring substituents is 1. The van der Waals surface area contributed by atoms with Crippen molar-refractivity contribution in [3.05, 3.63) is 45.4 Å². The molecule has 2 heterocycles. The van der Waals surface area contributed by atoms with Crippen LogP contribution in [0.25, 0.3) is 11.0 Å². The van der Waals surface area contributed by atoms with Crippen LogP contribution in [-0.4, -0.2) is 25.1 Å². The van der Waals surface area contributed by atoms with E-state index in [1.807, 2.05) is 0 Å². The normalized spacial score (nSPS) is 10.8. The van der Waals surface area contributed by atoms with E-state index in [1.165, 1.54) is 18.3 Å². The van der Waals surface area contributed by atoms with Crippen LogP contribution in [0.1, 0.15) is 5.56 Å². The Bertz CT molecular complexity index is 848. The highest BCUT2D eigenvalue weighted by molar-refractivity contribution is 6.28. The zero-order valence-corrected chi connectivity index (χ0v) is 11.5. The molecule has 2 aromatic heterocycles. The Kier molecular flexibility index (Phi) is 3.15. The number of nitro groups is 1. The van der Waals surface area contributed by atoms with Gasteiger partial charge in [0.2, 0.25) is 11.2 Å². The lowest BCUT2D eigenvalue weighted by Crippen LogP contribution is -1.94. The van der Waals surface area contributed by atoms with Crippen LogP contribution in [0, 0.1) is 17.0 Å². The van der Waals surface area contributed by atoms with Crippen LogP contribution in [0.3, 0.4) is 0 Å². The molecule has 0 spiro atoms. The van der Waals surface area contributed by atoms with Crippen LogP contribution in [0.15, 0.2) is 24.4 Å². The van der Waals surface area contributed by atoms with Crippen LogP contribution in [-0.2, 0) is 0 Å². The number of fused-ring (bicyclic) bond motifs is 1. The maximum absolute atomic E-state index is 10.8. The zero-order valence-electron chi connectivity index (χ0n) is 10.7. The molecule has 21 heavy (non-hydrogen) atoms. The molecule has 3 rings (SSSR count). The molecule has 8 nitrogen and oxygen atoms in total. The molecule has 9 heteroatoms. The highest BCUT2D eigenvalue weighted by Crippen LogP contribution is 2.30. The summed E-state index contributed by atoms with van der Waals surface area (Å²) in [5.74, 6) is 0.641. The Balaban J connectivity index is 2.00. The van der Waals surface area contributed by atoms with Crippen molar-refractivity contribution in [1.82, 2.24) is 20.2 Å². The minimum Gasteiger partial charge on any atom is -0.438 e. The summed E-state index contributed by atoms with van der Waals surface area (Å²) in [4.78, 5) is 18.3. The molecule has 0 saturated heterocycles. The molecule has 1 N–H and O–H groups in total. The minimum atomic E-state index is -0.449. The molecule has 0 atom stereocenters. The smallest absolute Gasteiger partial charge is 0.272 e. The van der Waals surface area contributed by atoms with Crippen molar-refractivity contribution in [3.63, 3.8) is 0 Å². The summed E-state index contributed by atoms with van der Waals surface area (Å²) in [5.41, 5.74) is 0.959. The largest absolute Gasteiger partial charge is 0.438 e. The van der Waals surface area contributed by atoms with E-state index >= 15 is 0 Å². The first-order valence-corrected chi connectivity index (χ1v) is 6.22. The number of nitrogens with zero attached hydrogens (tertiary/aromatic N) is 4. The highest BCUT2D eigenvalue weighted by atomic mass is 35.5. The summed E-state index contributed by atoms with van der Waals surface area (Å²) in [7, 11) is 0. The summed E-state index contributed by atoms with van der Waals surface area (Å²) in [6.45, 7) is 1.63. The molecule has 0 saturated carbocycles. The molecule has 0 aliphatic carbocycles. The van der Waals surface area contributed by atoms with Gasteiger partial charge in [-0.05, 0) is 30.7 Å².